The molecule has 1 atom stereocenters. The maximum atomic E-state index is 11.3. The second kappa shape index (κ2) is 4.23. The Morgan fingerprint density at radius 1 is 1.85 bits per heavy atom. The van der Waals surface area contributed by atoms with Crippen LogP contribution in [0.3, 0.4) is 0 Å². The molecule has 1 saturated heterocycles. The molecule has 1 rings (SSSR count). The van der Waals surface area contributed by atoms with Gasteiger partial charge in [0, 0.05) is 32.5 Å². The van der Waals surface area contributed by atoms with Crippen molar-refractivity contribution in [2.45, 2.75) is 6.42 Å². The molecule has 1 fully saturated rings. The van der Waals surface area contributed by atoms with Crippen LogP contribution in [0.2, 0.25) is 0 Å². The summed E-state index contributed by atoms with van der Waals surface area (Å²) >= 11 is 0. The van der Waals surface area contributed by atoms with Crippen LogP contribution in [0.5, 0.6) is 0 Å². The highest BCUT2D eigenvalue weighted by Gasteiger charge is 2.30. The molecule has 5 heteroatoms. The topological polar surface area (TPSA) is 79.4 Å². The molecule has 3 N–H and O–H groups in total. The molecule has 1 aliphatic heterocycles. The van der Waals surface area contributed by atoms with Gasteiger partial charge in [-0.05, 0) is 0 Å². The average molecular weight is 185 g/mol. The molecule has 0 aromatic rings. The molecule has 1 unspecified atom stereocenters. The fraction of sp³-hybridized carbons (Fsp3) is 0.750. The molecular weight excluding hydrogens is 170 g/mol. The van der Waals surface area contributed by atoms with E-state index in [0.717, 1.165) is 0 Å². The van der Waals surface area contributed by atoms with Crippen molar-refractivity contribution >= 4 is 11.7 Å². The minimum absolute atomic E-state index is 0.0669. The third-order valence-corrected chi connectivity index (χ3v) is 2.22. The second-order valence-corrected chi connectivity index (χ2v) is 3.19. The summed E-state index contributed by atoms with van der Waals surface area (Å²) in [4.78, 5) is 13.0. The molecule has 0 spiro atoms. The maximum absolute atomic E-state index is 11.3. The molecule has 0 saturated carbocycles. The van der Waals surface area contributed by atoms with Gasteiger partial charge in [-0.1, -0.05) is 0 Å². The summed E-state index contributed by atoms with van der Waals surface area (Å²) in [5, 5.41) is 7.22. The van der Waals surface area contributed by atoms with E-state index in [4.69, 9.17) is 15.9 Å². The molecule has 1 heterocycles. The van der Waals surface area contributed by atoms with Gasteiger partial charge >= 0.3 is 0 Å². The lowest BCUT2D eigenvalue weighted by atomic mass is 10.1. The lowest BCUT2D eigenvalue weighted by Crippen LogP contribution is -2.30. The first-order chi connectivity index (χ1) is 6.15. The van der Waals surface area contributed by atoms with Crippen molar-refractivity contribution in [1.82, 2.24) is 4.90 Å². The Morgan fingerprint density at radius 3 is 3.00 bits per heavy atom. The summed E-state index contributed by atoms with van der Waals surface area (Å²) in [5.74, 6) is 0.0786. The molecule has 0 aromatic heterocycles. The lowest BCUT2D eigenvalue weighted by Gasteiger charge is -2.15. The summed E-state index contributed by atoms with van der Waals surface area (Å²) in [6, 6.07) is 0. The van der Waals surface area contributed by atoms with Crippen LogP contribution in [0.1, 0.15) is 6.42 Å². The summed E-state index contributed by atoms with van der Waals surface area (Å²) in [6.07, 6.45) is 0.374. The predicted octanol–water partition coefficient (Wildman–Crippen LogP) is -0.583. The highest BCUT2D eigenvalue weighted by molar-refractivity contribution is 5.89. The van der Waals surface area contributed by atoms with Crippen molar-refractivity contribution in [3.05, 3.63) is 0 Å². The molecular formula is C8H15N3O2. The zero-order valence-electron chi connectivity index (χ0n) is 7.75. The summed E-state index contributed by atoms with van der Waals surface area (Å²) in [5.41, 5.74) is 5.32. The molecule has 13 heavy (non-hydrogen) atoms. The molecule has 5 nitrogen and oxygen atoms in total. The zero-order chi connectivity index (χ0) is 9.84. The van der Waals surface area contributed by atoms with Crippen LogP contribution in [0.4, 0.5) is 0 Å². The number of methoxy groups -OCH3 is 1. The van der Waals surface area contributed by atoms with Crippen molar-refractivity contribution in [2.75, 3.05) is 26.8 Å². The quantitative estimate of drug-likeness (QED) is 0.454. The smallest absolute Gasteiger partial charge is 0.223 e. The van der Waals surface area contributed by atoms with Crippen molar-refractivity contribution in [3.63, 3.8) is 0 Å². The Bertz CT molecular complexity index is 217. The molecule has 1 aliphatic rings. The van der Waals surface area contributed by atoms with Crippen LogP contribution in [0, 0.1) is 11.3 Å². The zero-order valence-corrected chi connectivity index (χ0v) is 7.75. The van der Waals surface area contributed by atoms with Crippen LogP contribution >= 0.6 is 0 Å². The monoisotopic (exact) mass is 185 g/mol. The van der Waals surface area contributed by atoms with E-state index in [9.17, 15) is 4.79 Å². The maximum Gasteiger partial charge on any atom is 0.223 e. The SMILES string of the molecule is COCCN1CC(C(=N)N)CC1=O. The van der Waals surface area contributed by atoms with Gasteiger partial charge in [0.25, 0.3) is 0 Å². The Hall–Kier alpha value is -1.10. The van der Waals surface area contributed by atoms with E-state index in [2.05, 4.69) is 0 Å². The number of amides is 1. The minimum Gasteiger partial charge on any atom is -0.387 e. The number of rotatable bonds is 4. The van der Waals surface area contributed by atoms with Gasteiger partial charge in [0.1, 0.15) is 0 Å². The standard InChI is InChI=1S/C8H15N3O2/c1-13-3-2-11-5-6(8(9)10)4-7(11)12/h6H,2-5H2,1H3,(H3,9,10). The van der Waals surface area contributed by atoms with Crippen LogP contribution in [-0.4, -0.2) is 43.4 Å². The van der Waals surface area contributed by atoms with Gasteiger partial charge in [0.05, 0.1) is 12.4 Å². The van der Waals surface area contributed by atoms with E-state index < -0.39 is 0 Å². The van der Waals surface area contributed by atoms with Crippen molar-refractivity contribution in [2.24, 2.45) is 11.7 Å². The number of carbonyl (C=O) groups excluding carboxylic acids is 1. The molecule has 0 radical (unpaired) electrons. The van der Waals surface area contributed by atoms with E-state index in [1.807, 2.05) is 0 Å². The van der Waals surface area contributed by atoms with E-state index in [0.29, 0.717) is 26.1 Å². The predicted molar refractivity (Wildman–Crippen MR) is 48.5 cm³/mol. The van der Waals surface area contributed by atoms with Crippen molar-refractivity contribution in [1.29, 1.82) is 5.41 Å². The largest absolute Gasteiger partial charge is 0.387 e. The van der Waals surface area contributed by atoms with Gasteiger partial charge < -0.3 is 15.4 Å². The molecule has 0 bridgehead atoms. The van der Waals surface area contributed by atoms with Crippen LogP contribution in [-0.2, 0) is 9.53 Å². The van der Waals surface area contributed by atoms with E-state index in [1.165, 1.54) is 0 Å². The van der Waals surface area contributed by atoms with E-state index in [-0.39, 0.29) is 17.7 Å². The number of nitrogens with two attached hydrogens (primary N) is 1. The highest BCUT2D eigenvalue weighted by Crippen LogP contribution is 2.16. The van der Waals surface area contributed by atoms with Gasteiger partial charge in [-0.2, -0.15) is 0 Å². The Morgan fingerprint density at radius 2 is 2.54 bits per heavy atom. The first-order valence-electron chi connectivity index (χ1n) is 4.25. The number of hydrogen-bond acceptors (Lipinski definition) is 3. The molecule has 0 aliphatic carbocycles. The van der Waals surface area contributed by atoms with Crippen LogP contribution in [0.15, 0.2) is 0 Å². The first kappa shape index (κ1) is 9.98. The highest BCUT2D eigenvalue weighted by atomic mass is 16.5. The number of nitrogens with one attached hydrogen (secondary N) is 1. The number of carbonyl (C=O) groups is 1. The fourth-order valence-electron chi connectivity index (χ4n) is 1.40. The number of likely N-dealkylation sites (tertiary alicyclic amines) is 1. The molecule has 0 aromatic carbocycles. The van der Waals surface area contributed by atoms with Gasteiger partial charge in [0.2, 0.25) is 5.91 Å². The third-order valence-electron chi connectivity index (χ3n) is 2.22. The van der Waals surface area contributed by atoms with E-state index in [1.54, 1.807) is 12.0 Å². The first-order valence-corrected chi connectivity index (χ1v) is 4.25. The van der Waals surface area contributed by atoms with E-state index >= 15 is 0 Å². The van der Waals surface area contributed by atoms with Gasteiger partial charge in [0.15, 0.2) is 0 Å². The summed E-state index contributed by atoms with van der Waals surface area (Å²) in [6.45, 7) is 1.70. The fourth-order valence-corrected chi connectivity index (χ4v) is 1.40. The van der Waals surface area contributed by atoms with Gasteiger partial charge in [-0.25, -0.2) is 0 Å². The Kier molecular flexibility index (Phi) is 3.25. The second-order valence-electron chi connectivity index (χ2n) is 3.19. The Balaban J connectivity index is 2.42. The van der Waals surface area contributed by atoms with Crippen molar-refractivity contribution in [3.8, 4) is 0 Å². The minimum atomic E-state index is -0.0932. The molecule has 1 amide bonds. The van der Waals surface area contributed by atoms with Crippen LogP contribution in [0.25, 0.3) is 0 Å². The third kappa shape index (κ3) is 2.42. The van der Waals surface area contributed by atoms with Crippen molar-refractivity contribution < 1.29 is 9.53 Å². The molecule has 74 valence electrons. The van der Waals surface area contributed by atoms with Gasteiger partial charge in [-0.15, -0.1) is 0 Å². The van der Waals surface area contributed by atoms with Crippen LogP contribution < -0.4 is 5.73 Å². The lowest BCUT2D eigenvalue weighted by molar-refractivity contribution is -0.128. The normalized spacial score (nSPS) is 22.4. The summed E-state index contributed by atoms with van der Waals surface area (Å²) in [7, 11) is 1.60. The number of amidine groups is 1. The summed E-state index contributed by atoms with van der Waals surface area (Å²) < 4.78 is 4.87. The Labute approximate surface area is 77.3 Å². The number of hydrogen-bond donors (Lipinski definition) is 2. The number of nitrogens with zero attached hydrogens (tertiary/aromatic N) is 1. The average Bonchev–Trinajstić information content (AvgIpc) is 2.44. The number of ether oxygens (including phenoxy) is 1. The van der Waals surface area contributed by atoms with Gasteiger partial charge in [-0.3, -0.25) is 10.2 Å².